The van der Waals surface area contributed by atoms with Gasteiger partial charge >= 0.3 is 6.09 Å². The van der Waals surface area contributed by atoms with Gasteiger partial charge in [-0.25, -0.2) is 4.79 Å². The second-order valence-corrected chi connectivity index (χ2v) is 16.0. The standard InChI is InChI=1S/C22H32N2O3.C14H26N2O/c1-15-18-12-8-11-17(18)13-24(15)20(25)19(22(2,3)4)23-21(26)27-14-16-9-6-5-7-10-16;1-9-11-7-5-6-10(11)8-16(9)13(17)12(15)14(2,3)4/h5-7,9-10,15,17-19H,8,11-14H2,1-4H3,(H,23,26);9-12H,5-8,15H2,1-4H3/t15-,17+,18-,19-;9-,10+,11-,12-/m11/s1. The van der Waals surface area contributed by atoms with Gasteiger partial charge in [0.15, 0.2) is 0 Å². The van der Waals surface area contributed by atoms with Crippen molar-refractivity contribution < 1.29 is 19.1 Å². The van der Waals surface area contributed by atoms with Crippen molar-refractivity contribution in [1.82, 2.24) is 15.1 Å². The topological polar surface area (TPSA) is 105 Å². The SMILES string of the molecule is C[C@@H]1[C@H]2CCC[C@H]2CN1C(=O)[C@@H](N)C(C)(C)C.C[C@@H]1[C@H]2CCC[C@H]2CN1C(=O)[C@@H](NC(=O)OCc1ccccc1)C(C)(C)C. The molecule has 3 amide bonds. The zero-order valence-corrected chi connectivity index (χ0v) is 28.5. The lowest BCUT2D eigenvalue weighted by Crippen LogP contribution is -2.55. The summed E-state index contributed by atoms with van der Waals surface area (Å²) in [5, 5.41) is 2.84. The molecule has 2 saturated heterocycles. The average Bonchev–Trinajstić information content (AvgIpc) is 3.74. The first kappa shape index (κ1) is 34.3. The van der Waals surface area contributed by atoms with E-state index in [4.69, 9.17) is 10.5 Å². The number of carbonyl (C=O) groups excluding carboxylic acids is 3. The van der Waals surface area contributed by atoms with Crippen molar-refractivity contribution in [2.75, 3.05) is 13.1 Å². The monoisotopic (exact) mass is 610 g/mol. The molecule has 2 heterocycles. The van der Waals surface area contributed by atoms with E-state index in [9.17, 15) is 14.4 Å². The molecule has 3 N–H and O–H groups in total. The third kappa shape index (κ3) is 7.78. The van der Waals surface area contributed by atoms with Gasteiger partial charge in [0.1, 0.15) is 12.6 Å². The van der Waals surface area contributed by atoms with Crippen LogP contribution in [0, 0.1) is 34.5 Å². The van der Waals surface area contributed by atoms with Gasteiger partial charge < -0.3 is 25.6 Å². The first-order valence-corrected chi connectivity index (χ1v) is 16.9. The maximum Gasteiger partial charge on any atom is 0.408 e. The van der Waals surface area contributed by atoms with Crippen molar-refractivity contribution in [1.29, 1.82) is 0 Å². The molecule has 0 unspecified atom stereocenters. The molecule has 4 aliphatic rings. The Bertz CT molecular complexity index is 1140. The molecule has 0 bridgehead atoms. The van der Waals surface area contributed by atoms with Crippen molar-refractivity contribution in [3.05, 3.63) is 35.9 Å². The number of fused-ring (bicyclic) bond motifs is 2. The van der Waals surface area contributed by atoms with Crippen LogP contribution in [0.1, 0.15) is 99.5 Å². The summed E-state index contributed by atoms with van der Waals surface area (Å²) in [5.74, 6) is 2.86. The minimum Gasteiger partial charge on any atom is -0.445 e. The van der Waals surface area contributed by atoms with Crippen molar-refractivity contribution in [3.63, 3.8) is 0 Å². The summed E-state index contributed by atoms with van der Waals surface area (Å²) in [7, 11) is 0. The summed E-state index contributed by atoms with van der Waals surface area (Å²) in [6.07, 6.45) is 7.08. The third-order valence-corrected chi connectivity index (χ3v) is 10.9. The number of rotatable bonds is 5. The number of nitrogens with one attached hydrogen (secondary N) is 1. The Hall–Kier alpha value is -2.61. The lowest BCUT2D eigenvalue weighted by atomic mass is 9.85. The molecule has 0 aromatic heterocycles. The van der Waals surface area contributed by atoms with Gasteiger partial charge in [-0.1, -0.05) is 84.7 Å². The van der Waals surface area contributed by atoms with Gasteiger partial charge in [0.25, 0.3) is 0 Å². The zero-order valence-electron chi connectivity index (χ0n) is 28.5. The molecule has 0 radical (unpaired) electrons. The summed E-state index contributed by atoms with van der Waals surface area (Å²) in [6.45, 7) is 18.4. The Morgan fingerprint density at radius 2 is 1.32 bits per heavy atom. The van der Waals surface area contributed by atoms with Crippen LogP contribution in [0.4, 0.5) is 4.79 Å². The molecular formula is C36H58N4O4. The van der Waals surface area contributed by atoms with E-state index in [2.05, 4.69) is 19.2 Å². The van der Waals surface area contributed by atoms with E-state index in [1.54, 1.807) is 0 Å². The predicted molar refractivity (Wildman–Crippen MR) is 174 cm³/mol. The van der Waals surface area contributed by atoms with Crippen LogP contribution < -0.4 is 11.1 Å². The molecule has 2 saturated carbocycles. The van der Waals surface area contributed by atoms with E-state index in [1.807, 2.05) is 81.7 Å². The van der Waals surface area contributed by atoms with Gasteiger partial charge in [-0.15, -0.1) is 0 Å². The van der Waals surface area contributed by atoms with E-state index in [-0.39, 0.29) is 41.3 Å². The molecule has 8 heteroatoms. The molecule has 44 heavy (non-hydrogen) atoms. The molecule has 2 aliphatic carbocycles. The molecule has 0 spiro atoms. The van der Waals surface area contributed by atoms with Gasteiger partial charge in [0, 0.05) is 25.2 Å². The van der Waals surface area contributed by atoms with Crippen LogP contribution in [-0.2, 0) is 20.9 Å². The maximum atomic E-state index is 13.3. The molecule has 1 aromatic rings. The van der Waals surface area contributed by atoms with Crippen molar-refractivity contribution in [3.8, 4) is 0 Å². The lowest BCUT2D eigenvalue weighted by Gasteiger charge is -2.35. The van der Waals surface area contributed by atoms with Crippen LogP contribution in [0.15, 0.2) is 30.3 Å². The van der Waals surface area contributed by atoms with E-state index in [0.717, 1.165) is 30.5 Å². The summed E-state index contributed by atoms with van der Waals surface area (Å²) in [4.78, 5) is 42.1. The Balaban J connectivity index is 0.000000223. The molecule has 4 fully saturated rings. The van der Waals surface area contributed by atoms with Gasteiger partial charge in [0.2, 0.25) is 11.8 Å². The van der Waals surface area contributed by atoms with Gasteiger partial charge in [-0.05, 0) is 79.6 Å². The molecule has 1 aromatic carbocycles. The molecule has 8 nitrogen and oxygen atoms in total. The third-order valence-electron chi connectivity index (χ3n) is 10.9. The summed E-state index contributed by atoms with van der Waals surface area (Å²) >= 11 is 0. The highest BCUT2D eigenvalue weighted by Gasteiger charge is 2.47. The summed E-state index contributed by atoms with van der Waals surface area (Å²) in [6, 6.07) is 9.22. The summed E-state index contributed by atoms with van der Waals surface area (Å²) < 4.78 is 5.35. The number of likely N-dealkylation sites (tertiary alicyclic amines) is 2. The fraction of sp³-hybridized carbons (Fsp3) is 0.750. The van der Waals surface area contributed by atoms with Crippen LogP contribution in [0.5, 0.6) is 0 Å². The lowest BCUT2D eigenvalue weighted by molar-refractivity contribution is -0.137. The number of nitrogens with zero attached hydrogens (tertiary/aromatic N) is 2. The number of alkyl carbamates (subject to hydrolysis) is 1. The fourth-order valence-electron chi connectivity index (χ4n) is 7.98. The first-order chi connectivity index (χ1) is 20.6. The second kappa shape index (κ2) is 13.8. The predicted octanol–water partition coefficient (Wildman–Crippen LogP) is 5.98. The highest BCUT2D eigenvalue weighted by Crippen LogP contribution is 2.43. The molecular weight excluding hydrogens is 552 g/mol. The Morgan fingerprint density at radius 3 is 1.77 bits per heavy atom. The van der Waals surface area contributed by atoms with E-state index in [1.165, 1.54) is 38.5 Å². The Morgan fingerprint density at radius 1 is 0.818 bits per heavy atom. The molecule has 8 atom stereocenters. The minimum atomic E-state index is -0.595. The highest BCUT2D eigenvalue weighted by molar-refractivity contribution is 5.87. The van der Waals surface area contributed by atoms with E-state index in [0.29, 0.717) is 17.9 Å². The molecule has 246 valence electrons. The number of nitrogens with two attached hydrogens (primary N) is 1. The largest absolute Gasteiger partial charge is 0.445 e. The minimum absolute atomic E-state index is 0.0149. The van der Waals surface area contributed by atoms with Crippen LogP contribution in [0.25, 0.3) is 0 Å². The fourth-order valence-corrected chi connectivity index (χ4v) is 7.98. The van der Waals surface area contributed by atoms with Crippen LogP contribution in [-0.4, -0.2) is 65.0 Å². The highest BCUT2D eigenvalue weighted by atomic mass is 16.5. The average molecular weight is 611 g/mol. The second-order valence-electron chi connectivity index (χ2n) is 16.0. The number of ether oxygens (including phenoxy) is 1. The van der Waals surface area contributed by atoms with E-state index < -0.39 is 12.1 Å². The number of hydrogen-bond acceptors (Lipinski definition) is 5. The summed E-state index contributed by atoms with van der Waals surface area (Å²) in [5.41, 5.74) is 6.49. The zero-order chi connectivity index (χ0) is 32.4. The first-order valence-electron chi connectivity index (χ1n) is 16.9. The van der Waals surface area contributed by atoms with Crippen LogP contribution in [0.2, 0.25) is 0 Å². The Labute approximate surface area is 265 Å². The number of amides is 3. The maximum absolute atomic E-state index is 13.3. The number of hydrogen-bond donors (Lipinski definition) is 2. The smallest absolute Gasteiger partial charge is 0.408 e. The van der Waals surface area contributed by atoms with Gasteiger partial charge in [-0.3, -0.25) is 9.59 Å². The number of benzene rings is 1. The van der Waals surface area contributed by atoms with Gasteiger partial charge in [-0.2, -0.15) is 0 Å². The van der Waals surface area contributed by atoms with Crippen molar-refractivity contribution >= 4 is 17.9 Å². The van der Waals surface area contributed by atoms with Crippen LogP contribution >= 0.6 is 0 Å². The molecule has 2 aliphatic heterocycles. The Kier molecular flexibility index (Phi) is 10.7. The molecule has 5 rings (SSSR count). The quantitative estimate of drug-likeness (QED) is 0.427. The van der Waals surface area contributed by atoms with E-state index >= 15 is 0 Å². The normalized spacial score (nSPS) is 29.3. The number of carbonyl (C=O) groups is 3. The van der Waals surface area contributed by atoms with Crippen molar-refractivity contribution in [2.45, 2.75) is 125 Å². The van der Waals surface area contributed by atoms with Crippen LogP contribution in [0.3, 0.4) is 0 Å². The van der Waals surface area contributed by atoms with Crippen molar-refractivity contribution in [2.24, 2.45) is 40.2 Å². The van der Waals surface area contributed by atoms with Gasteiger partial charge in [0.05, 0.1) is 6.04 Å².